The van der Waals surface area contributed by atoms with Gasteiger partial charge in [0.1, 0.15) is 11.9 Å². The van der Waals surface area contributed by atoms with Gasteiger partial charge >= 0.3 is 0 Å². The Morgan fingerprint density at radius 3 is 2.42 bits per heavy atom. The number of nitrogens with two attached hydrogens (primary N) is 1. The van der Waals surface area contributed by atoms with Crippen molar-refractivity contribution in [3.8, 4) is 0 Å². The second-order valence-electron chi connectivity index (χ2n) is 6.49. The molecule has 2 rings (SSSR count). The number of nitrogens with zero attached hydrogens (tertiary/aromatic N) is 3. The van der Waals surface area contributed by atoms with Crippen molar-refractivity contribution in [2.45, 2.75) is 32.4 Å². The van der Waals surface area contributed by atoms with Crippen molar-refractivity contribution in [3.63, 3.8) is 0 Å². The Hall–Kier alpha value is -2.34. The summed E-state index contributed by atoms with van der Waals surface area (Å²) in [7, 11) is 5.92. The second kappa shape index (κ2) is 7.49. The normalized spacial score (nSPS) is 12.4. The molecule has 1 aromatic carbocycles. The van der Waals surface area contributed by atoms with Crippen LogP contribution in [0.4, 0.5) is 5.82 Å². The number of rotatable bonds is 7. The molecule has 0 fully saturated rings. The van der Waals surface area contributed by atoms with Crippen molar-refractivity contribution >= 4 is 11.7 Å². The monoisotopic (exact) mass is 329 g/mol. The second-order valence-corrected chi connectivity index (χ2v) is 6.49. The van der Waals surface area contributed by atoms with E-state index in [0.717, 1.165) is 22.6 Å². The zero-order chi connectivity index (χ0) is 17.9. The molecule has 1 atom stereocenters. The minimum Gasteiger partial charge on any atom is -0.368 e. The molecule has 0 saturated heterocycles. The molecule has 1 aromatic heterocycles. The summed E-state index contributed by atoms with van der Waals surface area (Å²) < 4.78 is 1.88. The van der Waals surface area contributed by atoms with Crippen molar-refractivity contribution in [1.82, 2.24) is 15.1 Å². The van der Waals surface area contributed by atoms with Gasteiger partial charge in [0.15, 0.2) is 0 Å². The van der Waals surface area contributed by atoms with Gasteiger partial charge in [-0.3, -0.25) is 14.8 Å². The first-order chi connectivity index (χ1) is 11.3. The summed E-state index contributed by atoms with van der Waals surface area (Å²) in [5, 5.41) is 7.95. The highest BCUT2D eigenvalue weighted by atomic mass is 16.1. The van der Waals surface area contributed by atoms with Crippen LogP contribution in [0, 0.1) is 0 Å². The van der Waals surface area contributed by atoms with E-state index in [4.69, 9.17) is 5.73 Å². The van der Waals surface area contributed by atoms with Crippen LogP contribution in [0.3, 0.4) is 0 Å². The van der Waals surface area contributed by atoms with Crippen LogP contribution in [-0.4, -0.2) is 29.8 Å². The molecule has 1 amide bonds. The number of amides is 1. The van der Waals surface area contributed by atoms with E-state index in [1.54, 1.807) is 0 Å². The molecule has 0 spiro atoms. The number of aromatic nitrogens is 2. The first-order valence-electron chi connectivity index (χ1n) is 8.13. The Labute approximate surface area is 143 Å². The molecule has 24 heavy (non-hydrogen) atoms. The summed E-state index contributed by atoms with van der Waals surface area (Å²) in [5.74, 6) is 0.940. The molecule has 0 aliphatic rings. The quantitative estimate of drug-likeness (QED) is 0.814. The lowest BCUT2D eigenvalue weighted by Gasteiger charge is -2.19. The van der Waals surface area contributed by atoms with E-state index >= 15 is 0 Å². The maximum absolute atomic E-state index is 11.9. The Kier molecular flexibility index (Phi) is 5.62. The van der Waals surface area contributed by atoms with Crippen LogP contribution in [0.2, 0.25) is 0 Å². The number of hydrogen-bond donors (Lipinski definition) is 2. The molecule has 0 saturated carbocycles. The molecule has 0 aliphatic carbocycles. The topological polar surface area (TPSA) is 76.2 Å². The van der Waals surface area contributed by atoms with Gasteiger partial charge in [0.2, 0.25) is 5.91 Å². The van der Waals surface area contributed by atoms with Crippen molar-refractivity contribution in [2.75, 3.05) is 19.0 Å². The van der Waals surface area contributed by atoms with E-state index in [0.29, 0.717) is 12.5 Å². The fourth-order valence-electron chi connectivity index (χ4n) is 3.00. The van der Waals surface area contributed by atoms with Gasteiger partial charge in [-0.05, 0) is 11.5 Å². The summed E-state index contributed by atoms with van der Waals surface area (Å²) in [4.78, 5) is 13.9. The van der Waals surface area contributed by atoms with Gasteiger partial charge in [-0.15, -0.1) is 0 Å². The van der Waals surface area contributed by atoms with Crippen LogP contribution < -0.4 is 16.0 Å². The SMILES string of the molecule is CC(C)c1nn(C)c(N(C)C)c1CN[C@H](C(N)=O)c1ccccc1. The predicted octanol–water partition coefficient (Wildman–Crippen LogP) is 1.93. The molecule has 1 heterocycles. The van der Waals surface area contributed by atoms with E-state index in [9.17, 15) is 4.79 Å². The van der Waals surface area contributed by atoms with E-state index in [1.165, 1.54) is 0 Å². The van der Waals surface area contributed by atoms with Gasteiger partial charge < -0.3 is 10.6 Å². The van der Waals surface area contributed by atoms with Crippen LogP contribution in [0.25, 0.3) is 0 Å². The summed E-state index contributed by atoms with van der Waals surface area (Å²) in [5.41, 5.74) is 8.60. The number of benzene rings is 1. The minimum atomic E-state index is -0.526. The molecule has 6 nitrogen and oxygen atoms in total. The van der Waals surface area contributed by atoms with Crippen molar-refractivity contribution in [2.24, 2.45) is 12.8 Å². The Morgan fingerprint density at radius 1 is 1.29 bits per heavy atom. The van der Waals surface area contributed by atoms with Gasteiger partial charge in [0, 0.05) is 33.3 Å². The third-order valence-corrected chi connectivity index (χ3v) is 4.01. The standard InChI is InChI=1S/C18H27N5O/c1-12(2)15-14(18(22(3)4)23(5)21-15)11-20-16(17(19)24)13-9-7-6-8-10-13/h6-10,12,16,20H,11H2,1-5H3,(H2,19,24)/t16-/m0/s1. The largest absolute Gasteiger partial charge is 0.368 e. The van der Waals surface area contributed by atoms with Gasteiger partial charge in [0.05, 0.1) is 5.69 Å². The highest BCUT2D eigenvalue weighted by Crippen LogP contribution is 2.27. The number of aryl methyl sites for hydroxylation is 1. The highest BCUT2D eigenvalue weighted by Gasteiger charge is 2.23. The van der Waals surface area contributed by atoms with E-state index in [-0.39, 0.29) is 5.91 Å². The molecule has 2 aromatic rings. The molecular formula is C18H27N5O. The van der Waals surface area contributed by atoms with Crippen LogP contribution >= 0.6 is 0 Å². The lowest BCUT2D eigenvalue weighted by molar-refractivity contribution is -0.120. The minimum absolute atomic E-state index is 0.297. The average molecular weight is 329 g/mol. The van der Waals surface area contributed by atoms with Gasteiger partial charge in [0.25, 0.3) is 0 Å². The lowest BCUT2D eigenvalue weighted by atomic mass is 10.0. The third kappa shape index (κ3) is 3.76. The van der Waals surface area contributed by atoms with Crippen LogP contribution in [0.1, 0.15) is 42.6 Å². The van der Waals surface area contributed by atoms with Crippen molar-refractivity contribution in [3.05, 3.63) is 47.2 Å². The van der Waals surface area contributed by atoms with Gasteiger partial charge in [-0.2, -0.15) is 5.10 Å². The summed E-state index contributed by atoms with van der Waals surface area (Å²) in [6, 6.07) is 9.01. The number of carbonyl (C=O) groups excluding carboxylic acids is 1. The fraction of sp³-hybridized carbons (Fsp3) is 0.444. The number of nitrogens with one attached hydrogen (secondary N) is 1. The van der Waals surface area contributed by atoms with Crippen molar-refractivity contribution < 1.29 is 4.79 Å². The maximum Gasteiger partial charge on any atom is 0.239 e. The summed E-state index contributed by atoms with van der Waals surface area (Å²) >= 11 is 0. The highest BCUT2D eigenvalue weighted by molar-refractivity contribution is 5.81. The molecule has 0 radical (unpaired) electrons. The van der Waals surface area contributed by atoms with Gasteiger partial charge in [-0.1, -0.05) is 44.2 Å². The van der Waals surface area contributed by atoms with Crippen LogP contribution in [-0.2, 0) is 18.4 Å². The van der Waals surface area contributed by atoms with Crippen molar-refractivity contribution in [1.29, 1.82) is 0 Å². The smallest absolute Gasteiger partial charge is 0.239 e. The molecular weight excluding hydrogens is 302 g/mol. The third-order valence-electron chi connectivity index (χ3n) is 4.01. The molecule has 3 N–H and O–H groups in total. The van der Waals surface area contributed by atoms with E-state index in [1.807, 2.05) is 61.1 Å². The number of primary amides is 1. The molecule has 130 valence electrons. The number of anilines is 1. The van der Waals surface area contributed by atoms with Crippen LogP contribution in [0.5, 0.6) is 0 Å². The Bertz CT molecular complexity index is 691. The maximum atomic E-state index is 11.9. The average Bonchev–Trinajstić information content (AvgIpc) is 2.85. The zero-order valence-electron chi connectivity index (χ0n) is 15.1. The Balaban J connectivity index is 2.31. The molecule has 0 aliphatic heterocycles. The number of hydrogen-bond acceptors (Lipinski definition) is 4. The van der Waals surface area contributed by atoms with E-state index < -0.39 is 6.04 Å². The lowest BCUT2D eigenvalue weighted by Crippen LogP contribution is -2.33. The first-order valence-corrected chi connectivity index (χ1v) is 8.13. The van der Waals surface area contributed by atoms with Crippen LogP contribution in [0.15, 0.2) is 30.3 Å². The summed E-state index contributed by atoms with van der Waals surface area (Å²) in [6.07, 6.45) is 0. The number of carbonyl (C=O) groups is 1. The van der Waals surface area contributed by atoms with Gasteiger partial charge in [-0.25, -0.2) is 0 Å². The molecule has 0 bridgehead atoms. The Morgan fingerprint density at radius 2 is 1.92 bits per heavy atom. The molecule has 0 unspecified atom stereocenters. The molecule has 6 heteroatoms. The van der Waals surface area contributed by atoms with E-state index in [2.05, 4.69) is 24.3 Å². The summed E-state index contributed by atoms with van der Waals surface area (Å²) in [6.45, 7) is 4.76. The first kappa shape index (κ1) is 18.0. The zero-order valence-corrected chi connectivity index (χ0v) is 15.1. The predicted molar refractivity (Wildman–Crippen MR) is 96.8 cm³/mol. The fourth-order valence-corrected chi connectivity index (χ4v) is 3.00.